The van der Waals surface area contributed by atoms with E-state index in [1.54, 1.807) is 42.5 Å². The highest BCUT2D eigenvalue weighted by Gasteiger charge is 2.34. The summed E-state index contributed by atoms with van der Waals surface area (Å²) < 4.78 is 29.4. The molecule has 7 nitrogen and oxygen atoms in total. The summed E-state index contributed by atoms with van der Waals surface area (Å²) in [5, 5.41) is 3.76. The van der Waals surface area contributed by atoms with Gasteiger partial charge >= 0.3 is 0 Å². The molecule has 10 heteroatoms. The predicted molar refractivity (Wildman–Crippen MR) is 171 cm³/mol. The summed E-state index contributed by atoms with van der Waals surface area (Å²) in [7, 11) is -4.15. The molecule has 2 atom stereocenters. The van der Waals surface area contributed by atoms with Crippen LogP contribution < -0.4 is 9.62 Å². The number of nitrogens with one attached hydrogen (secondary N) is 1. The van der Waals surface area contributed by atoms with E-state index in [1.807, 2.05) is 46.8 Å². The SMILES string of the molecule is CCc1ccccc1N(CC(=O)N(Cc1ccc(Cl)cc1Cl)[C@@H](CC)C(=O)N[C@@H](C)CC)S(=O)(=O)c1ccc(C)cc1. The number of amides is 2. The number of hydrogen-bond donors (Lipinski definition) is 1. The molecule has 0 heterocycles. The number of hydrogen-bond acceptors (Lipinski definition) is 4. The second kappa shape index (κ2) is 14.9. The van der Waals surface area contributed by atoms with E-state index in [-0.39, 0.29) is 23.4 Å². The number of sulfonamides is 1. The lowest BCUT2D eigenvalue weighted by Crippen LogP contribution is -2.53. The summed E-state index contributed by atoms with van der Waals surface area (Å²) in [6, 6.07) is 17.6. The Bertz CT molecular complexity index is 1500. The lowest BCUT2D eigenvalue weighted by molar-refractivity contribution is -0.140. The van der Waals surface area contributed by atoms with Gasteiger partial charge in [0.15, 0.2) is 0 Å². The summed E-state index contributed by atoms with van der Waals surface area (Å²) in [6.45, 7) is 8.96. The average Bonchev–Trinajstić information content (AvgIpc) is 2.96. The van der Waals surface area contributed by atoms with Crippen LogP contribution in [0.25, 0.3) is 0 Å². The number of nitrogens with zero attached hydrogens (tertiary/aromatic N) is 2. The first-order chi connectivity index (χ1) is 19.9. The van der Waals surface area contributed by atoms with Crippen LogP contribution in [0.2, 0.25) is 10.0 Å². The van der Waals surface area contributed by atoms with Crippen molar-refractivity contribution in [3.8, 4) is 0 Å². The lowest BCUT2D eigenvalue weighted by Gasteiger charge is -2.34. The van der Waals surface area contributed by atoms with Crippen LogP contribution in [0.3, 0.4) is 0 Å². The molecule has 0 aliphatic heterocycles. The molecule has 1 N–H and O–H groups in total. The van der Waals surface area contributed by atoms with Crippen LogP contribution in [0.15, 0.2) is 71.6 Å². The highest BCUT2D eigenvalue weighted by Crippen LogP contribution is 2.29. The van der Waals surface area contributed by atoms with Gasteiger partial charge in [0.05, 0.1) is 10.6 Å². The molecule has 0 aromatic heterocycles. The molecule has 226 valence electrons. The fourth-order valence-electron chi connectivity index (χ4n) is 4.60. The third-order valence-corrected chi connectivity index (χ3v) is 9.63. The van der Waals surface area contributed by atoms with Crippen molar-refractivity contribution in [2.24, 2.45) is 0 Å². The maximum absolute atomic E-state index is 14.3. The largest absolute Gasteiger partial charge is 0.352 e. The van der Waals surface area contributed by atoms with Crippen molar-refractivity contribution >= 4 is 50.7 Å². The number of rotatable bonds is 13. The molecule has 0 saturated heterocycles. The van der Waals surface area contributed by atoms with E-state index in [4.69, 9.17) is 23.2 Å². The van der Waals surface area contributed by atoms with Crippen molar-refractivity contribution in [3.05, 3.63) is 93.5 Å². The average molecular weight is 633 g/mol. The van der Waals surface area contributed by atoms with Crippen molar-refractivity contribution in [3.63, 3.8) is 0 Å². The van der Waals surface area contributed by atoms with E-state index in [0.717, 1.165) is 21.9 Å². The molecule has 0 saturated carbocycles. The molecule has 0 unspecified atom stereocenters. The maximum Gasteiger partial charge on any atom is 0.264 e. The standard InChI is InChI=1S/C32H39Cl2N3O4S/c1-6-23(5)35-32(39)29(8-3)36(20-25-15-16-26(33)19-28(25)34)31(38)21-37(30-12-10-9-11-24(30)7-2)42(40,41)27-17-13-22(4)14-18-27/h9-19,23,29H,6-8,20-21H2,1-5H3,(H,35,39)/t23-,29-/m0/s1. The maximum atomic E-state index is 14.3. The zero-order valence-electron chi connectivity index (χ0n) is 24.7. The van der Waals surface area contributed by atoms with Gasteiger partial charge in [0.25, 0.3) is 10.0 Å². The number of aryl methyl sites for hydroxylation is 2. The van der Waals surface area contributed by atoms with Gasteiger partial charge in [-0.15, -0.1) is 0 Å². The van der Waals surface area contributed by atoms with E-state index in [9.17, 15) is 18.0 Å². The van der Waals surface area contributed by atoms with Crippen LogP contribution in [-0.2, 0) is 32.6 Å². The Labute approximate surface area is 259 Å². The van der Waals surface area contributed by atoms with E-state index < -0.39 is 28.5 Å². The molecule has 2 amide bonds. The number of carbonyl (C=O) groups excluding carboxylic acids is 2. The minimum atomic E-state index is -4.15. The molecule has 0 fully saturated rings. The van der Waals surface area contributed by atoms with Gasteiger partial charge in [-0.3, -0.25) is 13.9 Å². The molecule has 0 aliphatic rings. The molecule has 0 bridgehead atoms. The topological polar surface area (TPSA) is 86.8 Å². The smallest absolute Gasteiger partial charge is 0.264 e. The van der Waals surface area contributed by atoms with Gasteiger partial charge < -0.3 is 10.2 Å². The summed E-state index contributed by atoms with van der Waals surface area (Å²) in [6.07, 6.45) is 1.59. The molecule has 0 aliphatic carbocycles. The van der Waals surface area contributed by atoms with Crippen molar-refractivity contribution in [1.82, 2.24) is 10.2 Å². The Morgan fingerprint density at radius 1 is 0.905 bits per heavy atom. The minimum absolute atomic E-state index is 0.00485. The minimum Gasteiger partial charge on any atom is -0.352 e. The Hall–Kier alpha value is -3.07. The summed E-state index contributed by atoms with van der Waals surface area (Å²) in [4.78, 5) is 29.2. The van der Waals surface area contributed by atoms with Gasteiger partial charge in [-0.25, -0.2) is 8.42 Å². The molecule has 3 aromatic carbocycles. The van der Waals surface area contributed by atoms with Gasteiger partial charge in [-0.2, -0.15) is 0 Å². The van der Waals surface area contributed by atoms with E-state index in [1.165, 1.54) is 17.0 Å². The molecule has 0 radical (unpaired) electrons. The molecule has 0 spiro atoms. The monoisotopic (exact) mass is 631 g/mol. The van der Waals surface area contributed by atoms with Gasteiger partial charge in [0, 0.05) is 22.6 Å². The van der Waals surface area contributed by atoms with Crippen molar-refractivity contribution in [1.29, 1.82) is 0 Å². The highest BCUT2D eigenvalue weighted by molar-refractivity contribution is 7.92. The lowest BCUT2D eigenvalue weighted by atomic mass is 10.1. The highest BCUT2D eigenvalue weighted by atomic mass is 35.5. The first-order valence-electron chi connectivity index (χ1n) is 14.1. The van der Waals surface area contributed by atoms with Crippen LogP contribution in [0, 0.1) is 6.92 Å². The van der Waals surface area contributed by atoms with Crippen molar-refractivity contribution in [2.75, 3.05) is 10.8 Å². The molecular weight excluding hydrogens is 593 g/mol. The Balaban J connectivity index is 2.12. The predicted octanol–water partition coefficient (Wildman–Crippen LogP) is 6.78. The van der Waals surface area contributed by atoms with Gasteiger partial charge in [-0.05, 0) is 74.6 Å². The van der Waals surface area contributed by atoms with Crippen LogP contribution in [0.1, 0.15) is 57.2 Å². The van der Waals surface area contributed by atoms with E-state index in [2.05, 4.69) is 5.32 Å². The van der Waals surface area contributed by atoms with Crippen LogP contribution in [0.4, 0.5) is 5.69 Å². The van der Waals surface area contributed by atoms with Gasteiger partial charge in [0.1, 0.15) is 12.6 Å². The molecular formula is C32H39Cl2N3O4S. The van der Waals surface area contributed by atoms with Crippen molar-refractivity contribution < 1.29 is 18.0 Å². The third-order valence-electron chi connectivity index (χ3n) is 7.27. The number of para-hydroxylation sites is 1. The van der Waals surface area contributed by atoms with Gasteiger partial charge in [0.2, 0.25) is 11.8 Å². The number of anilines is 1. The van der Waals surface area contributed by atoms with Crippen LogP contribution >= 0.6 is 23.2 Å². The summed E-state index contributed by atoms with van der Waals surface area (Å²) >= 11 is 12.6. The molecule has 3 rings (SSSR count). The quantitative estimate of drug-likeness (QED) is 0.225. The third kappa shape index (κ3) is 8.06. The zero-order valence-corrected chi connectivity index (χ0v) is 27.1. The fraction of sp³-hybridized carbons (Fsp3) is 0.375. The van der Waals surface area contributed by atoms with E-state index in [0.29, 0.717) is 34.1 Å². The normalized spacial score (nSPS) is 12.8. The molecule has 42 heavy (non-hydrogen) atoms. The second-order valence-electron chi connectivity index (χ2n) is 10.3. The number of benzene rings is 3. The first kappa shape index (κ1) is 33.4. The zero-order chi connectivity index (χ0) is 31.0. The summed E-state index contributed by atoms with van der Waals surface area (Å²) in [5.41, 5.74) is 2.69. The fourth-order valence-corrected chi connectivity index (χ4v) is 6.52. The Kier molecular flexibility index (Phi) is 11.9. The van der Waals surface area contributed by atoms with Gasteiger partial charge in [-0.1, -0.05) is 85.9 Å². The Morgan fingerprint density at radius 2 is 1.57 bits per heavy atom. The number of halogens is 2. The van der Waals surface area contributed by atoms with E-state index >= 15 is 0 Å². The van der Waals surface area contributed by atoms with Crippen molar-refractivity contribution in [2.45, 2.75) is 77.4 Å². The molecule has 3 aromatic rings. The second-order valence-corrected chi connectivity index (χ2v) is 13.0. The Morgan fingerprint density at radius 3 is 2.17 bits per heavy atom. The number of carbonyl (C=O) groups is 2. The van der Waals surface area contributed by atoms with Crippen LogP contribution in [0.5, 0.6) is 0 Å². The summed E-state index contributed by atoms with van der Waals surface area (Å²) in [5.74, 6) is -0.846. The van der Waals surface area contributed by atoms with Crippen LogP contribution in [-0.4, -0.2) is 43.8 Å². The first-order valence-corrected chi connectivity index (χ1v) is 16.3.